The monoisotopic (exact) mass is 614 g/mol. The normalized spacial score (nSPS) is 15.2. The summed E-state index contributed by atoms with van der Waals surface area (Å²) in [6.45, 7) is 6.86. The highest BCUT2D eigenvalue weighted by atomic mass is 14.6. The first-order chi connectivity index (χ1) is 23.6. The number of benzene rings is 7. The van der Waals surface area contributed by atoms with Gasteiger partial charge in [0.25, 0.3) is 0 Å². The number of aryl methyl sites for hydroxylation is 2. The van der Waals surface area contributed by atoms with Gasteiger partial charge in [-0.3, -0.25) is 0 Å². The lowest BCUT2D eigenvalue weighted by atomic mass is 9.54. The molecule has 0 nitrogen and oxygen atoms in total. The Morgan fingerprint density at radius 1 is 0.417 bits per heavy atom. The molecule has 0 heteroatoms. The fraction of sp³-hybridized carbons (Fsp3) is 0.125. The van der Waals surface area contributed by atoms with Crippen molar-refractivity contribution in [2.75, 3.05) is 0 Å². The summed E-state index contributed by atoms with van der Waals surface area (Å²) < 4.78 is 0. The Balaban J connectivity index is 1.40. The molecule has 0 aromatic heterocycles. The molecular formula is C48H38. The maximum absolute atomic E-state index is 2.50. The SMILES string of the molecule is CC1=Cc2c(-c3cccc4ccccc34)cccc2C1C(c1ccccc1)(c1ccccc1)C1c2cc(C)ccc2-c2ccc(C)cc21. The van der Waals surface area contributed by atoms with Crippen LogP contribution in [0.2, 0.25) is 0 Å². The van der Waals surface area contributed by atoms with E-state index in [9.17, 15) is 0 Å². The molecule has 9 rings (SSSR count). The summed E-state index contributed by atoms with van der Waals surface area (Å²) in [4.78, 5) is 0. The highest BCUT2D eigenvalue weighted by Gasteiger charge is 2.54. The Morgan fingerprint density at radius 2 is 0.958 bits per heavy atom. The second kappa shape index (κ2) is 11.1. The quantitative estimate of drug-likeness (QED) is 0.181. The fourth-order valence-corrected chi connectivity index (χ4v) is 9.27. The fourth-order valence-electron chi connectivity index (χ4n) is 9.27. The molecule has 0 amide bonds. The van der Waals surface area contributed by atoms with Crippen LogP contribution in [-0.4, -0.2) is 0 Å². The van der Waals surface area contributed by atoms with Gasteiger partial charge in [-0.2, -0.15) is 0 Å². The lowest BCUT2D eigenvalue weighted by molar-refractivity contribution is 0.405. The van der Waals surface area contributed by atoms with Gasteiger partial charge >= 0.3 is 0 Å². The third-order valence-corrected chi connectivity index (χ3v) is 11.1. The van der Waals surface area contributed by atoms with Crippen molar-refractivity contribution in [1.29, 1.82) is 0 Å². The zero-order valence-corrected chi connectivity index (χ0v) is 27.7. The van der Waals surface area contributed by atoms with Gasteiger partial charge in [0.05, 0.1) is 0 Å². The van der Waals surface area contributed by atoms with E-state index in [-0.39, 0.29) is 11.8 Å². The summed E-state index contributed by atoms with van der Waals surface area (Å²) in [6, 6.07) is 59.6. The number of fused-ring (bicyclic) bond motifs is 5. The molecule has 0 heterocycles. The lowest BCUT2D eigenvalue weighted by Crippen LogP contribution is -2.41. The van der Waals surface area contributed by atoms with Gasteiger partial charge in [-0.1, -0.05) is 181 Å². The summed E-state index contributed by atoms with van der Waals surface area (Å²) >= 11 is 0. The number of allylic oxidation sites excluding steroid dienone is 1. The molecule has 0 saturated carbocycles. The molecule has 0 spiro atoms. The molecule has 2 aliphatic rings. The van der Waals surface area contributed by atoms with Crippen molar-refractivity contribution in [2.45, 2.75) is 38.0 Å². The van der Waals surface area contributed by atoms with Gasteiger partial charge in [0, 0.05) is 17.3 Å². The Kier molecular flexibility index (Phi) is 6.63. The Bertz CT molecular complexity index is 2280. The van der Waals surface area contributed by atoms with E-state index < -0.39 is 5.41 Å². The standard InChI is InChI=1S/C48H38/c1-31-24-26-40-41-27-25-32(2)29-45(41)47(44(40)28-31)48(35-16-6-4-7-17-35,36-18-8-5-9-19-36)46-33(3)30-43-39(22-13-23-42(43)46)38-21-12-15-34-14-10-11-20-37(34)38/h4-30,46-47H,1-3H3. The van der Waals surface area contributed by atoms with E-state index in [1.807, 2.05) is 0 Å². The van der Waals surface area contributed by atoms with Gasteiger partial charge in [0.1, 0.15) is 0 Å². The summed E-state index contributed by atoms with van der Waals surface area (Å²) in [5, 5.41) is 2.57. The number of hydrogen-bond acceptors (Lipinski definition) is 0. The van der Waals surface area contributed by atoms with Crippen molar-refractivity contribution in [3.8, 4) is 22.3 Å². The van der Waals surface area contributed by atoms with Crippen LogP contribution in [0.1, 0.15) is 63.3 Å². The van der Waals surface area contributed by atoms with E-state index in [0.717, 1.165) is 0 Å². The van der Waals surface area contributed by atoms with E-state index >= 15 is 0 Å². The molecule has 0 saturated heterocycles. The summed E-state index contributed by atoms with van der Waals surface area (Å²) in [6.07, 6.45) is 2.50. The second-order valence-corrected chi connectivity index (χ2v) is 13.9. The van der Waals surface area contributed by atoms with E-state index in [4.69, 9.17) is 0 Å². The van der Waals surface area contributed by atoms with Crippen LogP contribution in [0.5, 0.6) is 0 Å². The largest absolute Gasteiger partial charge is 0.0639 e. The van der Waals surface area contributed by atoms with E-state index in [1.165, 1.54) is 83.1 Å². The molecule has 0 aliphatic heterocycles. The zero-order valence-electron chi connectivity index (χ0n) is 27.7. The Hall–Kier alpha value is -5.46. The van der Waals surface area contributed by atoms with Crippen molar-refractivity contribution >= 4 is 16.8 Å². The zero-order chi connectivity index (χ0) is 32.4. The number of hydrogen-bond donors (Lipinski definition) is 0. The first-order valence-electron chi connectivity index (χ1n) is 17.2. The summed E-state index contributed by atoms with van der Waals surface area (Å²) in [7, 11) is 0. The smallest absolute Gasteiger partial charge is 0.0418 e. The van der Waals surface area contributed by atoms with Crippen molar-refractivity contribution in [3.05, 3.63) is 208 Å². The van der Waals surface area contributed by atoms with Gasteiger partial charge in [-0.25, -0.2) is 0 Å². The van der Waals surface area contributed by atoms with Crippen molar-refractivity contribution in [2.24, 2.45) is 0 Å². The molecule has 0 bridgehead atoms. The highest BCUT2D eigenvalue weighted by Crippen LogP contribution is 2.65. The average molecular weight is 615 g/mol. The second-order valence-electron chi connectivity index (χ2n) is 13.9. The predicted octanol–water partition coefficient (Wildman–Crippen LogP) is 12.4. The Labute approximate surface area is 284 Å². The molecule has 0 radical (unpaired) electrons. The van der Waals surface area contributed by atoms with Gasteiger partial charge in [0.2, 0.25) is 0 Å². The van der Waals surface area contributed by atoms with Gasteiger partial charge < -0.3 is 0 Å². The minimum absolute atomic E-state index is 0.104. The third-order valence-electron chi connectivity index (χ3n) is 11.1. The topological polar surface area (TPSA) is 0 Å². The average Bonchev–Trinajstić information content (AvgIpc) is 3.63. The molecule has 7 aromatic carbocycles. The van der Waals surface area contributed by atoms with Crippen molar-refractivity contribution in [1.82, 2.24) is 0 Å². The first kappa shape index (κ1) is 28.7. The molecule has 48 heavy (non-hydrogen) atoms. The predicted molar refractivity (Wildman–Crippen MR) is 203 cm³/mol. The first-order valence-corrected chi connectivity index (χ1v) is 17.2. The lowest BCUT2D eigenvalue weighted by Gasteiger charge is -2.47. The van der Waals surface area contributed by atoms with Gasteiger partial charge in [0.15, 0.2) is 0 Å². The van der Waals surface area contributed by atoms with Crippen LogP contribution in [-0.2, 0) is 5.41 Å². The van der Waals surface area contributed by atoms with Crippen LogP contribution in [0, 0.1) is 13.8 Å². The molecule has 2 aliphatic carbocycles. The summed E-state index contributed by atoms with van der Waals surface area (Å²) in [5.74, 6) is 0.213. The van der Waals surface area contributed by atoms with Crippen molar-refractivity contribution in [3.63, 3.8) is 0 Å². The van der Waals surface area contributed by atoms with Crippen LogP contribution in [0.15, 0.2) is 163 Å². The van der Waals surface area contributed by atoms with E-state index in [0.29, 0.717) is 0 Å². The van der Waals surface area contributed by atoms with Crippen molar-refractivity contribution < 1.29 is 0 Å². The van der Waals surface area contributed by atoms with E-state index in [2.05, 4.69) is 185 Å². The van der Waals surface area contributed by atoms with Crippen LogP contribution in [0.3, 0.4) is 0 Å². The van der Waals surface area contributed by atoms with E-state index in [1.54, 1.807) is 0 Å². The van der Waals surface area contributed by atoms with Gasteiger partial charge in [-0.15, -0.1) is 0 Å². The van der Waals surface area contributed by atoms with Crippen LogP contribution < -0.4 is 0 Å². The number of rotatable bonds is 5. The highest BCUT2D eigenvalue weighted by molar-refractivity contribution is 5.99. The van der Waals surface area contributed by atoms with Crippen LogP contribution in [0.4, 0.5) is 0 Å². The molecule has 0 N–H and O–H groups in total. The molecule has 1 unspecified atom stereocenters. The molecule has 230 valence electrons. The van der Waals surface area contributed by atoms with Crippen LogP contribution in [0.25, 0.3) is 39.1 Å². The molecule has 7 aromatic rings. The Morgan fingerprint density at radius 3 is 1.60 bits per heavy atom. The third kappa shape index (κ3) is 4.15. The van der Waals surface area contributed by atoms with Gasteiger partial charge in [-0.05, 0) is 87.2 Å². The summed E-state index contributed by atoms with van der Waals surface area (Å²) in [5.41, 5.74) is 17.2. The minimum atomic E-state index is -0.423. The minimum Gasteiger partial charge on any atom is -0.0639 e. The molecule has 0 fully saturated rings. The molecular weight excluding hydrogens is 577 g/mol. The molecule has 1 atom stereocenters. The van der Waals surface area contributed by atoms with Crippen LogP contribution >= 0.6 is 0 Å². The maximum Gasteiger partial charge on any atom is 0.0418 e. The maximum atomic E-state index is 2.50.